The molecule has 12 nitrogen and oxygen atoms in total. The number of hydrogen-bond donors (Lipinski definition) is 7. The van der Waals surface area contributed by atoms with E-state index in [1.165, 1.54) is 26.3 Å². The second-order valence-electron chi connectivity index (χ2n) is 9.69. The highest BCUT2D eigenvalue weighted by Gasteiger charge is 2.42. The van der Waals surface area contributed by atoms with E-state index in [0.29, 0.717) is 12.1 Å². The fraction of sp³-hybridized carbons (Fsp3) is 0.207. The number of ketones is 2. The Labute approximate surface area is 243 Å². The number of carboxylic acids is 1. The standard InChI is InChI=1S/C29H25N3O9S/c1-4-30-29(42)32-31-9-12-7-11-5-6-13-18(16(11)24(36)17(12)28(39)40)25(37)20-21(27(13)41-3)26(38)19-14(23(20)35)8-15(33)10(2)22(19)34/h7-9,33-34,36-37H,4-6H2,1-3H3,(H,39,40)(H2,30,32,42)/b31-9+. The number of carbonyl (C=O) groups excluding carboxylic acids is 2. The Morgan fingerprint density at radius 2 is 1.71 bits per heavy atom. The molecule has 7 N–H and O–H groups in total. The summed E-state index contributed by atoms with van der Waals surface area (Å²) in [4.78, 5) is 39.7. The molecule has 0 aliphatic heterocycles. The molecular weight excluding hydrogens is 566 g/mol. The van der Waals surface area contributed by atoms with E-state index in [1.54, 1.807) is 0 Å². The minimum Gasteiger partial charge on any atom is -0.508 e. The normalized spacial score (nSPS) is 13.2. The molecule has 0 amide bonds. The zero-order chi connectivity index (χ0) is 30.6. The number of rotatable bonds is 5. The van der Waals surface area contributed by atoms with Crippen molar-refractivity contribution in [2.75, 3.05) is 13.7 Å². The second-order valence-corrected chi connectivity index (χ2v) is 10.1. The molecule has 2 aliphatic carbocycles. The van der Waals surface area contributed by atoms with Gasteiger partial charge in [0.15, 0.2) is 10.9 Å². The largest absolute Gasteiger partial charge is 0.508 e. The van der Waals surface area contributed by atoms with Gasteiger partial charge in [0.2, 0.25) is 5.78 Å². The van der Waals surface area contributed by atoms with Crippen molar-refractivity contribution in [2.24, 2.45) is 5.10 Å². The SMILES string of the molecule is CCNC(=S)N/N=C/c1cc2c(c(O)c1C(=O)O)-c1c(O)c3c(c(OC)c1CC2)C(=O)c1c(cc(O)c(C)c1O)C3=O. The summed E-state index contributed by atoms with van der Waals surface area (Å²) in [6.07, 6.45) is 1.62. The average Bonchev–Trinajstić information content (AvgIpc) is 2.94. The molecule has 5 rings (SSSR count). The number of aromatic carboxylic acids is 1. The van der Waals surface area contributed by atoms with Crippen LogP contribution in [0.1, 0.15) is 71.4 Å². The molecule has 2 aliphatic rings. The van der Waals surface area contributed by atoms with Gasteiger partial charge in [0, 0.05) is 39.9 Å². The Balaban J connectivity index is 1.77. The van der Waals surface area contributed by atoms with Crippen LogP contribution in [0.25, 0.3) is 11.1 Å². The van der Waals surface area contributed by atoms with Crippen LogP contribution in [0.15, 0.2) is 17.2 Å². The number of benzene rings is 3. The third kappa shape index (κ3) is 4.08. The van der Waals surface area contributed by atoms with Crippen molar-refractivity contribution in [3.63, 3.8) is 0 Å². The number of hydrazone groups is 1. The van der Waals surface area contributed by atoms with E-state index in [-0.39, 0.29) is 68.2 Å². The number of carbonyl (C=O) groups is 3. The van der Waals surface area contributed by atoms with Crippen LogP contribution in [0.3, 0.4) is 0 Å². The number of hydrogen-bond acceptors (Lipinski definition) is 10. The van der Waals surface area contributed by atoms with Crippen molar-refractivity contribution in [1.82, 2.24) is 10.7 Å². The van der Waals surface area contributed by atoms with Crippen LogP contribution < -0.4 is 15.5 Å². The van der Waals surface area contributed by atoms with Gasteiger partial charge in [0.1, 0.15) is 34.3 Å². The molecule has 0 radical (unpaired) electrons. The van der Waals surface area contributed by atoms with E-state index in [2.05, 4.69) is 15.8 Å². The molecule has 0 heterocycles. The lowest BCUT2D eigenvalue weighted by atomic mass is 9.74. The number of nitrogens with zero attached hydrogens (tertiary/aromatic N) is 1. The van der Waals surface area contributed by atoms with E-state index in [9.17, 15) is 39.9 Å². The lowest BCUT2D eigenvalue weighted by Gasteiger charge is -2.30. The number of phenols is 4. The number of phenolic OH excluding ortho intramolecular Hbond substituents is 3. The Hall–Kier alpha value is -5.17. The first-order valence-electron chi connectivity index (χ1n) is 12.7. The van der Waals surface area contributed by atoms with Crippen LogP contribution in [0.5, 0.6) is 28.7 Å². The number of fused-ring (bicyclic) bond motifs is 5. The number of thiocarbonyl (C=S) groups is 1. The van der Waals surface area contributed by atoms with Gasteiger partial charge >= 0.3 is 5.97 Å². The summed E-state index contributed by atoms with van der Waals surface area (Å²) in [6, 6.07) is 2.53. The monoisotopic (exact) mass is 591 g/mol. The highest BCUT2D eigenvalue weighted by molar-refractivity contribution is 7.80. The first-order chi connectivity index (χ1) is 19.9. The Morgan fingerprint density at radius 3 is 2.36 bits per heavy atom. The molecule has 0 saturated heterocycles. The van der Waals surface area contributed by atoms with Gasteiger partial charge in [-0.25, -0.2) is 4.79 Å². The van der Waals surface area contributed by atoms with Gasteiger partial charge in [-0.15, -0.1) is 0 Å². The number of aryl methyl sites for hydroxylation is 1. The third-order valence-corrected chi connectivity index (χ3v) is 7.65. The molecule has 3 aromatic rings. The highest BCUT2D eigenvalue weighted by Crippen LogP contribution is 2.54. The molecular formula is C29H25N3O9S. The molecule has 0 unspecified atom stereocenters. The molecule has 42 heavy (non-hydrogen) atoms. The van der Waals surface area contributed by atoms with Crippen molar-refractivity contribution < 1.29 is 44.7 Å². The minimum atomic E-state index is -1.48. The van der Waals surface area contributed by atoms with Crippen LogP contribution in [-0.4, -0.2) is 68.1 Å². The highest BCUT2D eigenvalue weighted by atomic mass is 32.1. The van der Waals surface area contributed by atoms with E-state index < -0.39 is 51.7 Å². The van der Waals surface area contributed by atoms with E-state index in [1.807, 2.05) is 6.92 Å². The number of methoxy groups -OCH3 is 1. The van der Waals surface area contributed by atoms with Gasteiger partial charge in [0.25, 0.3) is 0 Å². The molecule has 0 bridgehead atoms. The maximum Gasteiger partial charge on any atom is 0.340 e. The molecule has 0 fully saturated rings. The number of ether oxygens (including phenoxy) is 1. The van der Waals surface area contributed by atoms with E-state index in [0.717, 1.165) is 6.07 Å². The first kappa shape index (κ1) is 28.4. The van der Waals surface area contributed by atoms with Gasteiger partial charge < -0.3 is 35.6 Å². The van der Waals surface area contributed by atoms with E-state index in [4.69, 9.17) is 17.0 Å². The lowest BCUT2D eigenvalue weighted by molar-refractivity contribution is 0.0693. The average molecular weight is 592 g/mol. The van der Waals surface area contributed by atoms with Gasteiger partial charge in [-0.2, -0.15) is 5.10 Å². The van der Waals surface area contributed by atoms with Crippen LogP contribution in [0.4, 0.5) is 0 Å². The minimum absolute atomic E-state index is 0.00228. The number of carboxylic acid groups (broad SMARTS) is 1. The third-order valence-electron chi connectivity index (χ3n) is 7.41. The van der Waals surface area contributed by atoms with Gasteiger partial charge in [0.05, 0.1) is 30.0 Å². The van der Waals surface area contributed by atoms with Crippen LogP contribution in [-0.2, 0) is 12.8 Å². The molecule has 0 saturated carbocycles. The van der Waals surface area contributed by atoms with Crippen LogP contribution in [0, 0.1) is 6.92 Å². The predicted molar refractivity (Wildman–Crippen MR) is 155 cm³/mol. The summed E-state index contributed by atoms with van der Waals surface area (Å²) in [5, 5.41) is 60.8. The van der Waals surface area contributed by atoms with Gasteiger partial charge in [-0.3, -0.25) is 15.0 Å². The van der Waals surface area contributed by atoms with E-state index >= 15 is 0 Å². The van der Waals surface area contributed by atoms with Crippen molar-refractivity contribution in [2.45, 2.75) is 26.7 Å². The second kappa shape index (κ2) is 10.3. The zero-order valence-corrected chi connectivity index (χ0v) is 23.4. The maximum atomic E-state index is 13.7. The summed E-state index contributed by atoms with van der Waals surface area (Å²) >= 11 is 5.05. The van der Waals surface area contributed by atoms with Gasteiger partial charge in [-0.1, -0.05) is 0 Å². The smallest absolute Gasteiger partial charge is 0.340 e. The Morgan fingerprint density at radius 1 is 1.00 bits per heavy atom. The molecule has 0 atom stereocenters. The zero-order valence-electron chi connectivity index (χ0n) is 22.6. The number of nitrogens with one attached hydrogen (secondary N) is 2. The summed E-state index contributed by atoms with van der Waals surface area (Å²) in [5.41, 5.74) is 1.30. The predicted octanol–water partition coefficient (Wildman–Crippen LogP) is 2.88. The summed E-state index contributed by atoms with van der Waals surface area (Å²) in [6.45, 7) is 3.75. The van der Waals surface area contributed by atoms with Gasteiger partial charge in [-0.05, 0) is 56.6 Å². The fourth-order valence-electron chi connectivity index (χ4n) is 5.53. The summed E-state index contributed by atoms with van der Waals surface area (Å²) in [7, 11) is 1.27. The van der Waals surface area contributed by atoms with Crippen LogP contribution >= 0.6 is 12.2 Å². The van der Waals surface area contributed by atoms with Crippen LogP contribution in [0.2, 0.25) is 0 Å². The van der Waals surface area contributed by atoms with Crippen molar-refractivity contribution in [1.29, 1.82) is 0 Å². The fourth-order valence-corrected chi connectivity index (χ4v) is 5.72. The molecule has 216 valence electrons. The molecule has 0 spiro atoms. The Bertz CT molecular complexity index is 1800. The van der Waals surface area contributed by atoms with Crippen molar-refractivity contribution in [3.8, 4) is 39.9 Å². The quantitative estimate of drug-likeness (QED) is 0.102. The van der Waals surface area contributed by atoms with Crippen molar-refractivity contribution >= 4 is 41.1 Å². The summed E-state index contributed by atoms with van der Waals surface area (Å²) < 4.78 is 5.58. The lowest BCUT2D eigenvalue weighted by Crippen LogP contribution is -2.31. The summed E-state index contributed by atoms with van der Waals surface area (Å²) in [5.74, 6) is -5.57. The maximum absolute atomic E-state index is 13.7. The molecule has 3 aromatic carbocycles. The molecule has 13 heteroatoms. The number of aromatic hydroxyl groups is 4. The van der Waals surface area contributed by atoms with Crippen molar-refractivity contribution in [3.05, 3.63) is 62.2 Å². The molecule has 0 aromatic heterocycles. The Kier molecular flexibility index (Phi) is 6.98. The first-order valence-corrected chi connectivity index (χ1v) is 13.1. The topological polar surface area (TPSA) is 198 Å².